The van der Waals surface area contributed by atoms with Crippen LogP contribution >= 0.6 is 0 Å². The standard InChI is InChI=1S/C16H16/c1-3-13-7-9-15-5-2-6-16(12-15)10-8-14(4-1)11-13/h1-6,11-12H,7-10H2/i1D,3D,4D,11D. The molecule has 0 atom stereocenters. The van der Waals surface area contributed by atoms with Crippen molar-refractivity contribution in [2.24, 2.45) is 0 Å². The summed E-state index contributed by atoms with van der Waals surface area (Å²) in [4.78, 5) is 0. The summed E-state index contributed by atoms with van der Waals surface area (Å²) < 4.78 is 32.2. The minimum Gasteiger partial charge on any atom is -0.0617 e. The predicted molar refractivity (Wildman–Crippen MR) is 67.7 cm³/mol. The van der Waals surface area contributed by atoms with Gasteiger partial charge in [0.25, 0.3) is 0 Å². The molecule has 4 bridgehead atoms. The summed E-state index contributed by atoms with van der Waals surface area (Å²) in [7, 11) is 0. The van der Waals surface area contributed by atoms with Gasteiger partial charge in [-0.3, -0.25) is 0 Å². The molecular formula is C16H16. The van der Waals surface area contributed by atoms with E-state index in [2.05, 4.69) is 18.2 Å². The molecule has 0 heterocycles. The second-order valence-electron chi connectivity index (χ2n) is 4.28. The van der Waals surface area contributed by atoms with Gasteiger partial charge in [0.15, 0.2) is 0 Å². The van der Waals surface area contributed by atoms with Crippen LogP contribution in [0.15, 0.2) is 48.4 Å². The first-order valence-corrected chi connectivity index (χ1v) is 5.74. The van der Waals surface area contributed by atoms with Crippen LogP contribution in [-0.2, 0) is 25.7 Å². The quantitative estimate of drug-likeness (QED) is 0.626. The van der Waals surface area contributed by atoms with Gasteiger partial charge in [-0.25, -0.2) is 0 Å². The summed E-state index contributed by atoms with van der Waals surface area (Å²) in [5.41, 5.74) is 3.67. The second-order valence-corrected chi connectivity index (χ2v) is 4.28. The highest BCUT2D eigenvalue weighted by Crippen LogP contribution is 2.16. The molecular weight excluding hydrogens is 192 g/mol. The number of benzene rings is 2. The maximum absolute atomic E-state index is 8.26. The Morgan fingerprint density at radius 3 is 2.00 bits per heavy atom. The Labute approximate surface area is 103 Å². The fourth-order valence-corrected chi connectivity index (χ4v) is 2.16. The highest BCUT2D eigenvalue weighted by atomic mass is 14.1. The first kappa shape index (κ1) is 6.24. The lowest BCUT2D eigenvalue weighted by molar-refractivity contribution is 0.904. The van der Waals surface area contributed by atoms with E-state index in [-0.39, 0.29) is 18.1 Å². The molecule has 0 nitrogen and oxygen atoms in total. The molecule has 0 spiro atoms. The van der Waals surface area contributed by atoms with Gasteiger partial charge in [-0.05, 0) is 47.9 Å². The largest absolute Gasteiger partial charge is 0.0629 e. The summed E-state index contributed by atoms with van der Waals surface area (Å²) in [5.74, 6) is 0. The molecule has 80 valence electrons. The van der Waals surface area contributed by atoms with Crippen LogP contribution in [0.4, 0.5) is 0 Å². The fourth-order valence-electron chi connectivity index (χ4n) is 2.16. The van der Waals surface area contributed by atoms with Crippen LogP contribution in [0.3, 0.4) is 0 Å². The van der Waals surface area contributed by atoms with Crippen LogP contribution in [0.2, 0.25) is 0 Å². The monoisotopic (exact) mass is 212 g/mol. The van der Waals surface area contributed by atoms with Gasteiger partial charge in [0.05, 0.1) is 5.48 Å². The van der Waals surface area contributed by atoms with E-state index in [4.69, 9.17) is 5.48 Å². The molecule has 3 rings (SSSR count). The van der Waals surface area contributed by atoms with E-state index in [1.807, 2.05) is 6.07 Å². The van der Waals surface area contributed by atoms with Gasteiger partial charge >= 0.3 is 0 Å². The lowest BCUT2D eigenvalue weighted by atomic mass is 9.95. The molecule has 0 saturated heterocycles. The van der Waals surface area contributed by atoms with E-state index in [1.54, 1.807) is 0 Å². The van der Waals surface area contributed by atoms with E-state index in [0.717, 1.165) is 12.8 Å². The zero-order valence-corrected chi connectivity index (χ0v) is 9.14. The maximum atomic E-state index is 8.26. The third kappa shape index (κ3) is 2.01. The minimum absolute atomic E-state index is 0.0322. The lowest BCUT2D eigenvalue weighted by Gasteiger charge is -2.10. The van der Waals surface area contributed by atoms with Crippen LogP contribution in [0.1, 0.15) is 27.7 Å². The zero-order chi connectivity index (χ0) is 14.3. The van der Waals surface area contributed by atoms with Gasteiger partial charge < -0.3 is 0 Å². The minimum atomic E-state index is -0.0322. The van der Waals surface area contributed by atoms with Gasteiger partial charge in [0.1, 0.15) is 0 Å². The fraction of sp³-hybridized carbons (Fsp3) is 0.250. The van der Waals surface area contributed by atoms with Crippen molar-refractivity contribution in [2.75, 3.05) is 0 Å². The van der Waals surface area contributed by atoms with Crippen molar-refractivity contribution in [3.8, 4) is 0 Å². The third-order valence-corrected chi connectivity index (χ3v) is 3.05. The molecule has 16 heavy (non-hydrogen) atoms. The molecule has 2 aromatic carbocycles. The number of aryl methyl sites for hydroxylation is 2. The summed E-state index contributed by atoms with van der Waals surface area (Å²) in [6.07, 6.45) is 2.75. The van der Waals surface area contributed by atoms with Gasteiger partial charge in [-0.2, -0.15) is 0 Å². The van der Waals surface area contributed by atoms with Gasteiger partial charge in [0.2, 0.25) is 0 Å². The van der Waals surface area contributed by atoms with E-state index in [0.29, 0.717) is 30.0 Å². The first-order valence-electron chi connectivity index (χ1n) is 7.74. The molecule has 0 N–H and O–H groups in total. The first-order chi connectivity index (χ1) is 9.58. The molecule has 0 fully saturated rings. The van der Waals surface area contributed by atoms with Crippen molar-refractivity contribution in [2.45, 2.75) is 25.7 Å². The average molecular weight is 212 g/mol. The highest BCUT2D eigenvalue weighted by Gasteiger charge is 2.03. The van der Waals surface area contributed by atoms with Crippen LogP contribution < -0.4 is 0 Å². The Bertz CT molecular complexity index is 626. The Morgan fingerprint density at radius 1 is 0.812 bits per heavy atom. The summed E-state index contributed by atoms with van der Waals surface area (Å²) in [6.45, 7) is 0. The second kappa shape index (κ2) is 4.13. The third-order valence-electron chi connectivity index (χ3n) is 3.05. The molecule has 1 aliphatic carbocycles. The highest BCUT2D eigenvalue weighted by molar-refractivity contribution is 5.30. The number of fused-ring (bicyclic) bond motifs is 4. The van der Waals surface area contributed by atoms with Crippen molar-refractivity contribution in [1.29, 1.82) is 0 Å². The Kier molecular flexibility index (Phi) is 1.61. The van der Waals surface area contributed by atoms with Crippen LogP contribution in [0, 0.1) is 0 Å². The maximum Gasteiger partial charge on any atom is 0.0629 e. The van der Waals surface area contributed by atoms with Crippen molar-refractivity contribution in [3.63, 3.8) is 0 Å². The predicted octanol–water partition coefficient (Wildman–Crippen LogP) is 3.57. The van der Waals surface area contributed by atoms with Crippen molar-refractivity contribution in [1.82, 2.24) is 0 Å². The van der Waals surface area contributed by atoms with E-state index >= 15 is 0 Å². The number of rotatable bonds is 0. The van der Waals surface area contributed by atoms with Crippen molar-refractivity contribution in [3.05, 3.63) is 70.7 Å². The van der Waals surface area contributed by atoms with Crippen molar-refractivity contribution >= 4 is 0 Å². The molecule has 0 radical (unpaired) electrons. The van der Waals surface area contributed by atoms with Crippen LogP contribution in [0.5, 0.6) is 0 Å². The zero-order valence-electron chi connectivity index (χ0n) is 13.1. The summed E-state index contributed by atoms with van der Waals surface area (Å²) >= 11 is 0. The number of hydrogen-bond donors (Lipinski definition) is 0. The Morgan fingerprint density at radius 2 is 1.38 bits per heavy atom. The average Bonchev–Trinajstić information content (AvgIpc) is 2.45. The summed E-state index contributed by atoms with van der Waals surface area (Å²) in [5, 5.41) is 0. The van der Waals surface area contributed by atoms with Crippen LogP contribution in [0.25, 0.3) is 0 Å². The normalized spacial score (nSPS) is 18.0. The molecule has 0 aromatic heterocycles. The number of hydrogen-bond acceptors (Lipinski definition) is 0. The molecule has 0 amide bonds. The molecule has 0 aliphatic heterocycles. The van der Waals surface area contributed by atoms with Gasteiger partial charge in [-0.15, -0.1) is 0 Å². The molecule has 0 saturated carbocycles. The Balaban J connectivity index is 2.15. The summed E-state index contributed by atoms with van der Waals surface area (Å²) in [6, 6.07) is 8.74. The van der Waals surface area contributed by atoms with Gasteiger partial charge in [-0.1, -0.05) is 48.4 Å². The van der Waals surface area contributed by atoms with E-state index in [1.165, 1.54) is 11.1 Å². The topological polar surface area (TPSA) is 0 Å². The lowest BCUT2D eigenvalue weighted by Crippen LogP contribution is -1.99. The Hall–Kier alpha value is -1.56. The van der Waals surface area contributed by atoms with Crippen LogP contribution in [-0.4, -0.2) is 0 Å². The molecule has 2 aromatic rings. The molecule has 0 unspecified atom stereocenters. The van der Waals surface area contributed by atoms with E-state index < -0.39 is 0 Å². The smallest absolute Gasteiger partial charge is 0.0617 e. The molecule has 0 heteroatoms. The van der Waals surface area contributed by atoms with E-state index in [9.17, 15) is 0 Å². The molecule has 1 aliphatic rings. The van der Waals surface area contributed by atoms with Crippen molar-refractivity contribution < 1.29 is 5.48 Å². The SMILES string of the molecule is [2H]c1c([2H])c2c([2H])c(c1[2H])CCc1cccc(c1)CC2. The van der Waals surface area contributed by atoms with Gasteiger partial charge in [0, 0.05) is 0 Å².